The predicted molar refractivity (Wildman–Crippen MR) is 146 cm³/mol. The first kappa shape index (κ1) is 23.7. The summed E-state index contributed by atoms with van der Waals surface area (Å²) in [7, 11) is 0. The molecule has 4 heterocycles. The van der Waals surface area contributed by atoms with Crippen molar-refractivity contribution in [2.24, 2.45) is 5.10 Å². The number of nitrogens with zero attached hydrogens (tertiary/aromatic N) is 6. The van der Waals surface area contributed by atoms with Crippen LogP contribution in [-0.4, -0.2) is 53.8 Å². The van der Waals surface area contributed by atoms with Crippen molar-refractivity contribution in [3.8, 4) is 0 Å². The van der Waals surface area contributed by atoms with Crippen molar-refractivity contribution < 1.29 is 8.78 Å². The molecule has 1 atom stereocenters. The minimum Gasteiger partial charge on any atom is -0.364 e. The molecule has 2 aliphatic rings. The molecule has 37 heavy (non-hydrogen) atoms. The van der Waals surface area contributed by atoms with Crippen LogP contribution in [0.2, 0.25) is 0 Å². The molecule has 1 unspecified atom stereocenters. The topological polar surface area (TPSA) is 59.9 Å². The number of hydrogen-bond acceptors (Lipinski definition) is 8. The molecule has 2 aliphatic heterocycles. The second kappa shape index (κ2) is 10.0. The Kier molecular flexibility index (Phi) is 6.43. The van der Waals surface area contributed by atoms with Gasteiger partial charge in [0.25, 0.3) is 0 Å². The van der Waals surface area contributed by atoms with E-state index in [0.29, 0.717) is 18.9 Å². The highest BCUT2D eigenvalue weighted by Gasteiger charge is 2.28. The Morgan fingerprint density at radius 1 is 1.00 bits per heavy atom. The van der Waals surface area contributed by atoms with Crippen molar-refractivity contribution in [3.63, 3.8) is 0 Å². The molecular formula is C27H27F2N7S. The third kappa shape index (κ3) is 4.62. The summed E-state index contributed by atoms with van der Waals surface area (Å²) in [6.07, 6.45) is 2.64. The Morgan fingerprint density at radius 2 is 1.76 bits per heavy atom. The van der Waals surface area contributed by atoms with Crippen LogP contribution in [0.5, 0.6) is 0 Å². The van der Waals surface area contributed by atoms with Crippen molar-refractivity contribution in [2.75, 3.05) is 47.9 Å². The summed E-state index contributed by atoms with van der Waals surface area (Å²) in [5.74, 6) is -0.274. The number of hydrazone groups is 1. The number of aromatic nitrogens is 2. The van der Waals surface area contributed by atoms with Gasteiger partial charge in [0.2, 0.25) is 5.95 Å². The molecule has 6 rings (SSSR count). The second-order valence-corrected chi connectivity index (χ2v) is 10.1. The van der Waals surface area contributed by atoms with Gasteiger partial charge in [-0.25, -0.2) is 18.8 Å². The van der Waals surface area contributed by atoms with E-state index in [0.717, 1.165) is 41.8 Å². The van der Waals surface area contributed by atoms with E-state index in [1.54, 1.807) is 16.2 Å². The van der Waals surface area contributed by atoms with Crippen LogP contribution in [0.25, 0.3) is 10.2 Å². The lowest BCUT2D eigenvalue weighted by atomic mass is 10.0. The summed E-state index contributed by atoms with van der Waals surface area (Å²) in [5.41, 5.74) is 2.17. The maximum Gasteiger partial charge on any atom is 0.229 e. The fourth-order valence-electron chi connectivity index (χ4n) is 4.99. The normalized spacial score (nSPS) is 18.2. The third-order valence-corrected chi connectivity index (χ3v) is 7.83. The summed E-state index contributed by atoms with van der Waals surface area (Å²) in [4.78, 5) is 13.4. The van der Waals surface area contributed by atoms with Gasteiger partial charge in [-0.1, -0.05) is 37.3 Å². The highest BCUT2D eigenvalue weighted by atomic mass is 32.1. The summed E-state index contributed by atoms with van der Waals surface area (Å²) in [6.45, 7) is 5.79. The smallest absolute Gasteiger partial charge is 0.229 e. The number of fused-ring (bicyclic) bond motifs is 1. The van der Waals surface area contributed by atoms with Gasteiger partial charge in [0.15, 0.2) is 17.5 Å². The van der Waals surface area contributed by atoms with Gasteiger partial charge in [-0.2, -0.15) is 10.1 Å². The van der Waals surface area contributed by atoms with Gasteiger partial charge in [0, 0.05) is 44.5 Å². The molecule has 1 fully saturated rings. The van der Waals surface area contributed by atoms with Gasteiger partial charge in [-0.15, -0.1) is 11.3 Å². The van der Waals surface area contributed by atoms with Crippen LogP contribution in [0.4, 0.5) is 31.9 Å². The number of piperazine rings is 1. The van der Waals surface area contributed by atoms with E-state index in [-0.39, 0.29) is 23.4 Å². The van der Waals surface area contributed by atoms with Crippen LogP contribution in [0, 0.1) is 11.6 Å². The van der Waals surface area contributed by atoms with Crippen LogP contribution >= 0.6 is 11.3 Å². The number of anilines is 4. The van der Waals surface area contributed by atoms with Crippen molar-refractivity contribution in [1.29, 1.82) is 0 Å². The van der Waals surface area contributed by atoms with Gasteiger partial charge in [0.05, 0.1) is 16.3 Å². The lowest BCUT2D eigenvalue weighted by Crippen LogP contribution is -2.46. The number of thiophene rings is 1. The summed E-state index contributed by atoms with van der Waals surface area (Å²) >= 11 is 1.54. The molecular weight excluding hydrogens is 492 g/mol. The first-order valence-electron chi connectivity index (χ1n) is 12.5. The van der Waals surface area contributed by atoms with Crippen molar-refractivity contribution in [1.82, 2.24) is 14.9 Å². The zero-order valence-corrected chi connectivity index (χ0v) is 21.3. The fourth-order valence-corrected chi connectivity index (χ4v) is 5.80. The number of hydrogen-bond donors (Lipinski definition) is 1. The molecule has 0 aliphatic carbocycles. The largest absolute Gasteiger partial charge is 0.364 e. The highest BCUT2D eigenvalue weighted by molar-refractivity contribution is 7.17. The van der Waals surface area contributed by atoms with Crippen LogP contribution in [0.3, 0.4) is 0 Å². The molecule has 2 aromatic heterocycles. The number of halogens is 2. The van der Waals surface area contributed by atoms with E-state index in [2.05, 4.69) is 39.4 Å². The molecule has 2 aromatic carbocycles. The maximum absolute atomic E-state index is 15.1. The van der Waals surface area contributed by atoms with E-state index in [1.807, 2.05) is 40.9 Å². The lowest BCUT2D eigenvalue weighted by Gasteiger charge is -2.35. The summed E-state index contributed by atoms with van der Waals surface area (Å²) < 4.78 is 31.2. The Morgan fingerprint density at radius 3 is 2.49 bits per heavy atom. The molecule has 0 saturated carbocycles. The van der Waals surface area contributed by atoms with E-state index in [1.165, 1.54) is 12.1 Å². The van der Waals surface area contributed by atoms with Gasteiger partial charge < -0.3 is 15.1 Å². The molecule has 10 heteroatoms. The minimum atomic E-state index is -0.599. The Labute approximate surface area is 218 Å². The summed E-state index contributed by atoms with van der Waals surface area (Å²) in [5, 5.41) is 11.5. The van der Waals surface area contributed by atoms with Crippen LogP contribution in [0.1, 0.15) is 24.9 Å². The Balaban J connectivity index is 1.30. The van der Waals surface area contributed by atoms with E-state index >= 15 is 8.78 Å². The molecule has 190 valence electrons. The molecule has 0 radical (unpaired) electrons. The van der Waals surface area contributed by atoms with Gasteiger partial charge >= 0.3 is 0 Å². The second-order valence-electron chi connectivity index (χ2n) is 9.15. The van der Waals surface area contributed by atoms with Crippen molar-refractivity contribution >= 4 is 50.9 Å². The van der Waals surface area contributed by atoms with Gasteiger partial charge in [-0.05, 0) is 35.7 Å². The van der Waals surface area contributed by atoms with E-state index < -0.39 is 11.6 Å². The average molecular weight is 520 g/mol. The predicted octanol–water partition coefficient (Wildman–Crippen LogP) is 5.79. The first-order valence-corrected chi connectivity index (χ1v) is 13.3. The average Bonchev–Trinajstić information content (AvgIpc) is 3.59. The zero-order valence-electron chi connectivity index (χ0n) is 20.4. The van der Waals surface area contributed by atoms with Gasteiger partial charge in [0.1, 0.15) is 5.69 Å². The highest BCUT2D eigenvalue weighted by Crippen LogP contribution is 2.38. The van der Waals surface area contributed by atoms with Crippen LogP contribution in [0.15, 0.2) is 59.0 Å². The Hall–Kier alpha value is -3.63. The molecule has 4 aromatic rings. The molecule has 0 bridgehead atoms. The van der Waals surface area contributed by atoms with Crippen molar-refractivity contribution in [2.45, 2.75) is 19.4 Å². The fraction of sp³-hybridized carbons (Fsp3) is 0.296. The monoisotopic (exact) mass is 519 g/mol. The lowest BCUT2D eigenvalue weighted by molar-refractivity contribution is 0.269. The van der Waals surface area contributed by atoms with Crippen LogP contribution < -0.4 is 15.2 Å². The number of rotatable bonds is 6. The molecule has 0 spiro atoms. The van der Waals surface area contributed by atoms with Gasteiger partial charge in [-0.3, -0.25) is 0 Å². The number of nitrogens with one attached hydrogen (secondary N) is 1. The molecule has 7 nitrogen and oxygen atoms in total. The third-order valence-electron chi connectivity index (χ3n) is 6.93. The van der Waals surface area contributed by atoms with E-state index in [9.17, 15) is 0 Å². The number of benzene rings is 2. The van der Waals surface area contributed by atoms with E-state index in [4.69, 9.17) is 4.98 Å². The molecule has 1 saturated heterocycles. The quantitative estimate of drug-likeness (QED) is 0.348. The SMILES string of the molecule is CCN1CCN(c2c(F)cc(Nc3nc(N4N=CCC4c4ccccc4)c4sccc4n3)cc2F)CC1. The molecule has 1 N–H and O–H groups in total. The summed E-state index contributed by atoms with van der Waals surface area (Å²) in [6, 6.07) is 14.7. The number of likely N-dealkylation sites (N-methyl/N-ethyl adjacent to an activating group) is 1. The Bertz CT molecular complexity index is 1410. The van der Waals surface area contributed by atoms with Crippen LogP contribution in [-0.2, 0) is 0 Å². The van der Waals surface area contributed by atoms with Crippen molar-refractivity contribution in [3.05, 3.63) is 71.1 Å². The standard InChI is InChI=1S/C27H27F2N7S/c1-2-34-11-13-35(14-12-34)24-20(28)16-19(17-21(24)29)31-27-32-22-9-15-37-25(22)26(33-27)36-23(8-10-30-36)18-6-4-3-5-7-18/h3-7,9-10,15-17,23H,2,8,11-14H2,1H3,(H,31,32,33). The maximum atomic E-state index is 15.1. The molecule has 0 amide bonds. The zero-order chi connectivity index (χ0) is 25.4. The first-order chi connectivity index (χ1) is 18.1. The minimum absolute atomic E-state index is 0.0107.